The Morgan fingerprint density at radius 3 is 1.22 bits per heavy atom. The summed E-state index contributed by atoms with van der Waals surface area (Å²) in [4.78, 5) is 0. The average molecular weight is 317 g/mol. The van der Waals surface area contributed by atoms with E-state index in [1.54, 1.807) is 0 Å². The predicted octanol–water partition coefficient (Wildman–Crippen LogP) is 2.99. The second-order valence-electron chi connectivity index (χ2n) is 3.22. The minimum absolute atomic E-state index is 1.39. The molecule has 0 N–H and O–H groups in total. The molecule has 0 aromatic heterocycles. The molecule has 0 aliphatic carbocycles. The van der Waals surface area contributed by atoms with Crippen molar-refractivity contribution in [1.82, 2.24) is 0 Å². The molecule has 0 unspecified atom stereocenters. The fourth-order valence-electron chi connectivity index (χ4n) is 1.44. The van der Waals surface area contributed by atoms with E-state index in [9.17, 15) is 30.7 Å². The summed E-state index contributed by atoms with van der Waals surface area (Å²) in [5, 5.41) is -3.23. The molecule has 0 amide bonds. The van der Waals surface area contributed by atoms with Gasteiger partial charge in [-0.1, -0.05) is 0 Å². The van der Waals surface area contributed by atoms with Crippen LogP contribution in [0.3, 0.4) is 0 Å². The number of rotatable bonds is 0. The molecule has 0 radical (unpaired) electrons. The van der Waals surface area contributed by atoms with Gasteiger partial charge in [0.2, 0.25) is 0 Å². The third-order valence-corrected chi connectivity index (χ3v) is 2.66. The topological polar surface area (TPSA) is 0 Å². The standard InChI is InChI=1S/C10F7.Cu/c11-2-1-3(12)6(13)5-4(2)7(14)9(16)10(17)8(5)15;. The second-order valence-corrected chi connectivity index (χ2v) is 3.69. The van der Waals surface area contributed by atoms with Gasteiger partial charge in [-0.15, -0.1) is 0 Å². The minimum atomic E-state index is -2.37. The van der Waals surface area contributed by atoms with Gasteiger partial charge in [0.25, 0.3) is 0 Å². The summed E-state index contributed by atoms with van der Waals surface area (Å²) in [5.74, 6) is -15.1. The molecule has 0 saturated heterocycles. The number of fused-ring (bicyclic) bond motifs is 1. The van der Waals surface area contributed by atoms with E-state index in [1.807, 2.05) is 0 Å². The molecule has 0 saturated carbocycles. The summed E-state index contributed by atoms with van der Waals surface area (Å²) in [6.45, 7) is 0. The first-order valence-corrected chi connectivity index (χ1v) is 4.69. The summed E-state index contributed by atoms with van der Waals surface area (Å²) >= 11 is 4.26. The fraction of sp³-hybridized carbons (Fsp3) is 0. The van der Waals surface area contributed by atoms with Gasteiger partial charge in [-0.3, -0.25) is 0 Å². The molecular weight excluding hydrogens is 317 g/mol. The Morgan fingerprint density at radius 2 is 0.778 bits per heavy atom. The van der Waals surface area contributed by atoms with Crippen molar-refractivity contribution in [3.63, 3.8) is 0 Å². The van der Waals surface area contributed by atoms with E-state index in [0.717, 1.165) is 0 Å². The van der Waals surface area contributed by atoms with Crippen LogP contribution in [0.25, 0.3) is 10.8 Å². The van der Waals surface area contributed by atoms with Crippen molar-refractivity contribution >= 4 is 15.2 Å². The van der Waals surface area contributed by atoms with Gasteiger partial charge in [0.05, 0.1) is 0 Å². The van der Waals surface area contributed by atoms with Crippen LogP contribution in [-0.4, -0.2) is 0 Å². The van der Waals surface area contributed by atoms with Crippen LogP contribution in [0.1, 0.15) is 0 Å². The van der Waals surface area contributed by atoms with Crippen molar-refractivity contribution in [3.05, 3.63) is 40.7 Å². The van der Waals surface area contributed by atoms with Crippen LogP contribution in [0.15, 0.2) is 0 Å². The Kier molecular flexibility index (Phi) is 3.02. The molecule has 8 heteroatoms. The van der Waals surface area contributed by atoms with E-state index in [4.69, 9.17) is 0 Å². The maximum absolute atomic E-state index is 13.4. The van der Waals surface area contributed by atoms with Crippen molar-refractivity contribution in [2.24, 2.45) is 0 Å². The number of hydrogen-bond acceptors (Lipinski definition) is 0. The molecule has 0 bridgehead atoms. The third-order valence-electron chi connectivity index (χ3n) is 2.25. The Bertz CT molecular complexity index is 567. The number of benzene rings is 2. The van der Waals surface area contributed by atoms with E-state index in [1.165, 1.54) is 0 Å². The Hall–Kier alpha value is -1.27. The van der Waals surface area contributed by atoms with Crippen molar-refractivity contribution in [2.45, 2.75) is 0 Å². The zero-order valence-corrected chi connectivity index (χ0v) is 8.89. The van der Waals surface area contributed by atoms with Crippen molar-refractivity contribution < 1.29 is 46.7 Å². The molecule has 0 aliphatic heterocycles. The molecular formula is C10CuF7. The summed E-state index contributed by atoms with van der Waals surface area (Å²) in [6.07, 6.45) is 0. The van der Waals surface area contributed by atoms with Gasteiger partial charge in [0.15, 0.2) is 0 Å². The van der Waals surface area contributed by atoms with Gasteiger partial charge in [0.1, 0.15) is 0 Å². The normalized spacial score (nSPS) is 11.4. The van der Waals surface area contributed by atoms with E-state index in [0.29, 0.717) is 0 Å². The van der Waals surface area contributed by atoms with Gasteiger partial charge in [-0.05, 0) is 0 Å². The Balaban J connectivity index is 3.22. The molecule has 0 atom stereocenters. The second kappa shape index (κ2) is 4.13. The molecule has 0 nitrogen and oxygen atoms in total. The van der Waals surface area contributed by atoms with Gasteiger partial charge in [-0.25, -0.2) is 0 Å². The van der Waals surface area contributed by atoms with E-state index in [2.05, 4.69) is 16.0 Å². The summed E-state index contributed by atoms with van der Waals surface area (Å²) in [7, 11) is 0. The third kappa shape index (κ3) is 1.52. The van der Waals surface area contributed by atoms with Crippen molar-refractivity contribution in [2.75, 3.05) is 0 Å². The van der Waals surface area contributed by atoms with Crippen molar-refractivity contribution in [1.29, 1.82) is 0 Å². The molecule has 18 heavy (non-hydrogen) atoms. The van der Waals surface area contributed by atoms with Crippen LogP contribution in [0.2, 0.25) is 0 Å². The predicted molar refractivity (Wildman–Crippen MR) is 43.3 cm³/mol. The van der Waals surface area contributed by atoms with Gasteiger partial charge < -0.3 is 0 Å². The first-order valence-electron chi connectivity index (χ1n) is 4.22. The van der Waals surface area contributed by atoms with E-state index in [-0.39, 0.29) is 0 Å². The molecule has 0 fully saturated rings. The molecule has 0 heterocycles. The molecule has 0 aliphatic rings. The van der Waals surface area contributed by atoms with Crippen LogP contribution < -0.4 is 4.46 Å². The summed E-state index contributed by atoms with van der Waals surface area (Å²) < 4.78 is 90.4. The molecule has 100 valence electrons. The first-order chi connectivity index (χ1) is 8.29. The van der Waals surface area contributed by atoms with Crippen molar-refractivity contribution in [3.8, 4) is 0 Å². The first kappa shape index (κ1) is 13.2. The fourth-order valence-corrected chi connectivity index (χ4v) is 1.66. The average Bonchev–Trinajstić information content (AvgIpc) is 2.35. The van der Waals surface area contributed by atoms with Crippen LogP contribution >= 0.6 is 0 Å². The zero-order chi connectivity index (χ0) is 13.8. The van der Waals surface area contributed by atoms with Crippen LogP contribution in [0.4, 0.5) is 30.7 Å². The molecule has 0 spiro atoms. The van der Waals surface area contributed by atoms with Gasteiger partial charge in [-0.2, -0.15) is 0 Å². The van der Waals surface area contributed by atoms with Gasteiger partial charge >= 0.3 is 103 Å². The van der Waals surface area contributed by atoms with Crippen LogP contribution in [0.5, 0.6) is 0 Å². The summed E-state index contributed by atoms with van der Waals surface area (Å²) in [6, 6.07) is 0. The van der Waals surface area contributed by atoms with Gasteiger partial charge in [0, 0.05) is 0 Å². The zero-order valence-electron chi connectivity index (χ0n) is 7.95. The number of halogens is 7. The molecule has 2 aromatic carbocycles. The summed E-state index contributed by atoms with van der Waals surface area (Å²) in [5.41, 5.74) is 0. The Labute approximate surface area is 103 Å². The van der Waals surface area contributed by atoms with E-state index >= 15 is 0 Å². The number of hydrogen-bond donors (Lipinski definition) is 0. The maximum atomic E-state index is 13.4. The quantitative estimate of drug-likeness (QED) is 0.303. The van der Waals surface area contributed by atoms with Crippen LogP contribution in [0, 0.1) is 40.7 Å². The molecule has 2 rings (SSSR count). The molecule has 2 aromatic rings. The van der Waals surface area contributed by atoms with E-state index < -0.39 is 56.0 Å². The SMILES string of the molecule is Fc1c(F)c(F)c2c(F)[c]([Cu])c(F)c(F)c2c1F. The monoisotopic (exact) mass is 316 g/mol. The van der Waals surface area contributed by atoms with Crippen LogP contribution in [-0.2, 0) is 16.0 Å². The Morgan fingerprint density at radius 1 is 0.444 bits per heavy atom.